The highest BCUT2D eigenvalue weighted by molar-refractivity contribution is 5.88. The molecule has 0 aliphatic carbocycles. The molecule has 1 aromatic rings. The number of hydrogen-bond donors (Lipinski definition) is 1. The fourth-order valence-electron chi connectivity index (χ4n) is 4.11. The molecule has 0 amide bonds. The Morgan fingerprint density at radius 3 is 1.39 bits per heavy atom. The molecular formula is C29H53NO3. The topological polar surface area (TPSA) is 60.4 Å². The van der Waals surface area contributed by atoms with Crippen molar-refractivity contribution in [2.24, 2.45) is 0 Å². The fourth-order valence-corrected chi connectivity index (χ4v) is 4.11. The van der Waals surface area contributed by atoms with Gasteiger partial charge in [-0.15, -0.1) is 0 Å². The monoisotopic (exact) mass is 463 g/mol. The first kappa shape index (κ1) is 31.4. The standard InChI is InChI=1S/C22H48N.C7H6O3/c1-5-7-9-11-13-15-17-19-21-23(3,4)22-20-18-16-14-12-10-8-6-2;8-6-4-2-1-3-5(6)7(9)10/h5-22H2,1-4H3;1-4,8H,(H,9,10)/q+1;/p-1. The molecule has 33 heavy (non-hydrogen) atoms. The third-order valence-corrected chi connectivity index (χ3v) is 6.36. The third-order valence-electron chi connectivity index (χ3n) is 6.36. The van der Waals surface area contributed by atoms with Crippen LogP contribution < -0.4 is 5.11 Å². The second-order valence-corrected chi connectivity index (χ2v) is 10.1. The van der Waals surface area contributed by atoms with Gasteiger partial charge < -0.3 is 19.5 Å². The minimum Gasteiger partial charge on any atom is -0.545 e. The summed E-state index contributed by atoms with van der Waals surface area (Å²) in [6.07, 6.45) is 23.0. The van der Waals surface area contributed by atoms with E-state index in [1.165, 1.54) is 139 Å². The van der Waals surface area contributed by atoms with Crippen LogP contribution in [-0.2, 0) is 0 Å². The molecule has 0 aromatic heterocycles. The quantitative estimate of drug-likeness (QED) is 0.176. The van der Waals surface area contributed by atoms with Crippen LogP contribution >= 0.6 is 0 Å². The van der Waals surface area contributed by atoms with Gasteiger partial charge in [-0.3, -0.25) is 0 Å². The molecule has 0 aliphatic rings. The highest BCUT2D eigenvalue weighted by Gasteiger charge is 2.13. The first-order valence-electron chi connectivity index (χ1n) is 13.7. The molecule has 0 spiro atoms. The van der Waals surface area contributed by atoms with Gasteiger partial charge in [-0.1, -0.05) is 103 Å². The maximum atomic E-state index is 10.2. The molecule has 1 aromatic carbocycles. The Labute approximate surface area is 205 Å². The number of hydrogen-bond acceptors (Lipinski definition) is 3. The first-order chi connectivity index (χ1) is 15.8. The van der Waals surface area contributed by atoms with E-state index < -0.39 is 5.97 Å². The first-order valence-corrected chi connectivity index (χ1v) is 13.7. The summed E-state index contributed by atoms with van der Waals surface area (Å²) in [5.74, 6) is -1.62. The second-order valence-electron chi connectivity index (χ2n) is 10.1. The average Bonchev–Trinajstić information content (AvgIpc) is 2.78. The largest absolute Gasteiger partial charge is 0.545 e. The van der Waals surface area contributed by atoms with Crippen LogP contribution in [0.1, 0.15) is 127 Å². The van der Waals surface area contributed by atoms with Crippen LogP contribution in [0.5, 0.6) is 5.75 Å². The van der Waals surface area contributed by atoms with Gasteiger partial charge in [-0.05, 0) is 37.8 Å². The van der Waals surface area contributed by atoms with Crippen molar-refractivity contribution in [2.75, 3.05) is 27.2 Å². The van der Waals surface area contributed by atoms with E-state index >= 15 is 0 Å². The highest BCUT2D eigenvalue weighted by Crippen LogP contribution is 2.14. The van der Waals surface area contributed by atoms with Crippen molar-refractivity contribution in [2.45, 2.75) is 117 Å². The summed E-state index contributed by atoms with van der Waals surface area (Å²) in [5, 5.41) is 19.0. The maximum Gasteiger partial charge on any atom is 0.124 e. The van der Waals surface area contributed by atoms with E-state index in [9.17, 15) is 9.90 Å². The second kappa shape index (κ2) is 21.0. The normalized spacial score (nSPS) is 11.2. The molecule has 0 saturated carbocycles. The molecule has 4 heteroatoms. The number of nitrogens with zero attached hydrogens (tertiary/aromatic N) is 1. The summed E-state index contributed by atoms with van der Waals surface area (Å²) in [4.78, 5) is 10.2. The van der Waals surface area contributed by atoms with Crippen LogP contribution in [-0.4, -0.2) is 42.7 Å². The van der Waals surface area contributed by atoms with Crippen LogP contribution in [0.3, 0.4) is 0 Å². The number of aromatic carboxylic acids is 1. The van der Waals surface area contributed by atoms with E-state index in [0.717, 1.165) is 0 Å². The summed E-state index contributed by atoms with van der Waals surface area (Å²) < 4.78 is 1.24. The molecule has 0 fully saturated rings. The minimum atomic E-state index is -1.36. The van der Waals surface area contributed by atoms with E-state index in [1.807, 2.05) is 0 Å². The predicted molar refractivity (Wildman–Crippen MR) is 139 cm³/mol. The number of unbranched alkanes of at least 4 members (excludes halogenated alkanes) is 14. The number of benzene rings is 1. The summed E-state index contributed by atoms with van der Waals surface area (Å²) in [6, 6.07) is 5.64. The lowest BCUT2D eigenvalue weighted by molar-refractivity contribution is -0.890. The maximum absolute atomic E-state index is 10.2. The highest BCUT2D eigenvalue weighted by atomic mass is 16.4. The van der Waals surface area contributed by atoms with Gasteiger partial charge in [0.25, 0.3) is 0 Å². The Bertz CT molecular complexity index is 564. The van der Waals surface area contributed by atoms with Gasteiger partial charge >= 0.3 is 0 Å². The van der Waals surface area contributed by atoms with E-state index in [4.69, 9.17) is 5.11 Å². The molecule has 0 aliphatic heterocycles. The SMILES string of the molecule is CCCCCCCCCC[N+](C)(C)CCCCCCCCCC.O=C([O-])c1ccccc1O. The van der Waals surface area contributed by atoms with Gasteiger partial charge in [0.2, 0.25) is 0 Å². The van der Waals surface area contributed by atoms with Crippen LogP contribution in [0, 0.1) is 0 Å². The molecule has 0 atom stereocenters. The number of carboxylic acids is 1. The molecule has 0 radical (unpaired) electrons. The molecule has 0 saturated heterocycles. The van der Waals surface area contributed by atoms with Gasteiger partial charge in [0, 0.05) is 5.56 Å². The fraction of sp³-hybridized carbons (Fsp3) is 0.759. The summed E-state index contributed by atoms with van der Waals surface area (Å²) in [7, 11) is 4.87. The van der Waals surface area contributed by atoms with E-state index in [1.54, 1.807) is 6.07 Å². The van der Waals surface area contributed by atoms with E-state index in [0.29, 0.717) is 0 Å². The molecule has 192 valence electrons. The smallest absolute Gasteiger partial charge is 0.124 e. The molecule has 0 bridgehead atoms. The summed E-state index contributed by atoms with van der Waals surface area (Å²) in [5.41, 5.74) is -0.178. The number of phenols is 1. The third kappa shape index (κ3) is 19.6. The summed E-state index contributed by atoms with van der Waals surface area (Å²) in [6.45, 7) is 7.36. The van der Waals surface area contributed by atoms with Gasteiger partial charge in [0.1, 0.15) is 5.75 Å². The zero-order valence-corrected chi connectivity index (χ0v) is 22.2. The number of aromatic hydroxyl groups is 1. The molecule has 0 unspecified atom stereocenters. The number of quaternary nitrogens is 1. The van der Waals surface area contributed by atoms with Gasteiger partial charge in [0.15, 0.2) is 0 Å². The molecular weight excluding hydrogens is 410 g/mol. The summed E-state index contributed by atoms with van der Waals surface area (Å²) >= 11 is 0. The Hall–Kier alpha value is -1.55. The van der Waals surface area contributed by atoms with Crippen molar-refractivity contribution < 1.29 is 19.5 Å². The Morgan fingerprint density at radius 2 is 1.06 bits per heavy atom. The van der Waals surface area contributed by atoms with Crippen molar-refractivity contribution in [1.29, 1.82) is 0 Å². The number of rotatable bonds is 19. The Morgan fingerprint density at radius 1 is 0.697 bits per heavy atom. The van der Waals surface area contributed by atoms with Crippen molar-refractivity contribution in [3.63, 3.8) is 0 Å². The van der Waals surface area contributed by atoms with Gasteiger partial charge in [0.05, 0.1) is 33.2 Å². The van der Waals surface area contributed by atoms with Crippen LogP contribution in [0.25, 0.3) is 0 Å². The van der Waals surface area contributed by atoms with Crippen LogP contribution in [0.15, 0.2) is 24.3 Å². The van der Waals surface area contributed by atoms with E-state index in [2.05, 4.69) is 27.9 Å². The molecule has 4 nitrogen and oxygen atoms in total. The number of carbonyl (C=O) groups excluding carboxylic acids is 1. The number of para-hydroxylation sites is 1. The Kier molecular flexibility index (Phi) is 20.0. The zero-order chi connectivity index (χ0) is 24.8. The Balaban J connectivity index is 0.000000843. The number of carbonyl (C=O) groups is 1. The lowest BCUT2D eigenvalue weighted by Gasteiger charge is -2.30. The lowest BCUT2D eigenvalue weighted by Crippen LogP contribution is -2.41. The van der Waals surface area contributed by atoms with Crippen molar-refractivity contribution in [3.8, 4) is 5.75 Å². The van der Waals surface area contributed by atoms with Crippen molar-refractivity contribution >= 4 is 5.97 Å². The van der Waals surface area contributed by atoms with Crippen molar-refractivity contribution in [3.05, 3.63) is 29.8 Å². The molecule has 1 rings (SSSR count). The average molecular weight is 464 g/mol. The predicted octanol–water partition coefficient (Wildman–Crippen LogP) is 7.10. The van der Waals surface area contributed by atoms with Crippen LogP contribution in [0.2, 0.25) is 0 Å². The van der Waals surface area contributed by atoms with Gasteiger partial charge in [-0.25, -0.2) is 0 Å². The molecule has 0 heterocycles. The van der Waals surface area contributed by atoms with E-state index in [-0.39, 0.29) is 11.3 Å². The zero-order valence-electron chi connectivity index (χ0n) is 22.2. The molecule has 1 N–H and O–H groups in total. The van der Waals surface area contributed by atoms with Crippen molar-refractivity contribution in [1.82, 2.24) is 0 Å². The number of carboxylic acid groups (broad SMARTS) is 1. The van der Waals surface area contributed by atoms with Crippen LogP contribution in [0.4, 0.5) is 0 Å². The lowest BCUT2D eigenvalue weighted by atomic mass is 10.1. The minimum absolute atomic E-state index is 0.178. The van der Waals surface area contributed by atoms with Gasteiger partial charge in [-0.2, -0.15) is 0 Å².